The first-order chi connectivity index (χ1) is 4.64. The van der Waals surface area contributed by atoms with Crippen LogP contribution in [0.4, 0.5) is 0 Å². The van der Waals surface area contributed by atoms with E-state index in [2.05, 4.69) is 5.32 Å². The van der Waals surface area contributed by atoms with Crippen LogP contribution in [0.1, 0.15) is 6.92 Å². The van der Waals surface area contributed by atoms with Gasteiger partial charge >= 0.3 is 0 Å². The molecule has 10 heavy (non-hydrogen) atoms. The van der Waals surface area contributed by atoms with Gasteiger partial charge < -0.3 is 10.4 Å². The van der Waals surface area contributed by atoms with E-state index in [9.17, 15) is 5.11 Å². The van der Waals surface area contributed by atoms with Crippen LogP contribution in [0, 0.1) is 11.3 Å². The lowest BCUT2D eigenvalue weighted by Crippen LogP contribution is -2.38. The van der Waals surface area contributed by atoms with Crippen LogP contribution in [0.3, 0.4) is 0 Å². The molecule has 52 valence electrons. The summed E-state index contributed by atoms with van der Waals surface area (Å²) < 4.78 is 0. The molecule has 0 spiro atoms. The maximum atomic E-state index is 9.29. The molecule has 1 rings (SSSR count). The Balaban J connectivity index is 2.88. The highest BCUT2D eigenvalue weighted by Crippen LogP contribution is 2.10. The van der Waals surface area contributed by atoms with Gasteiger partial charge in [-0.25, -0.2) is 0 Å². The topological polar surface area (TPSA) is 56.0 Å². The van der Waals surface area contributed by atoms with Crippen LogP contribution in [0.25, 0.3) is 0 Å². The highest BCUT2D eigenvalue weighted by molar-refractivity contribution is 5.37. The van der Waals surface area contributed by atoms with Gasteiger partial charge in [-0.15, -0.1) is 0 Å². The van der Waals surface area contributed by atoms with E-state index >= 15 is 0 Å². The zero-order valence-electron chi connectivity index (χ0n) is 5.63. The Kier molecular flexibility index (Phi) is 1.48. The molecule has 0 saturated carbocycles. The Morgan fingerprint density at radius 2 is 2.50 bits per heavy atom. The third-order valence-corrected chi connectivity index (χ3v) is 1.20. The number of aliphatic hydroxyl groups is 1. The van der Waals surface area contributed by atoms with Gasteiger partial charge in [0.25, 0.3) is 0 Å². The van der Waals surface area contributed by atoms with Crippen molar-refractivity contribution >= 4 is 0 Å². The lowest BCUT2D eigenvalue weighted by molar-refractivity contribution is 0.0876. The molecule has 0 bridgehead atoms. The third kappa shape index (κ3) is 1.36. The molecule has 0 fully saturated rings. The summed E-state index contributed by atoms with van der Waals surface area (Å²) in [6.07, 6.45) is 4.63. The second-order valence-corrected chi connectivity index (χ2v) is 2.34. The summed E-state index contributed by atoms with van der Waals surface area (Å²) in [6.45, 7) is 1.58. The highest BCUT2D eigenvalue weighted by atomic mass is 16.3. The fraction of sp³-hybridized carbons (Fsp3) is 0.286. The van der Waals surface area contributed by atoms with Gasteiger partial charge in [-0.2, -0.15) is 5.26 Å². The van der Waals surface area contributed by atoms with Crippen LogP contribution in [0.2, 0.25) is 0 Å². The van der Waals surface area contributed by atoms with Crippen molar-refractivity contribution in [1.29, 1.82) is 5.26 Å². The monoisotopic (exact) mass is 136 g/mol. The summed E-state index contributed by atoms with van der Waals surface area (Å²) in [4.78, 5) is 0. The van der Waals surface area contributed by atoms with E-state index in [4.69, 9.17) is 5.26 Å². The number of dihydropyridines is 1. The van der Waals surface area contributed by atoms with Crippen molar-refractivity contribution < 1.29 is 5.11 Å². The van der Waals surface area contributed by atoms with Crippen molar-refractivity contribution in [2.45, 2.75) is 12.6 Å². The van der Waals surface area contributed by atoms with E-state index in [1.54, 1.807) is 19.2 Å². The number of nitrogens with zero attached hydrogens (tertiary/aromatic N) is 1. The fourth-order valence-electron chi connectivity index (χ4n) is 0.762. The van der Waals surface area contributed by atoms with Crippen molar-refractivity contribution in [2.75, 3.05) is 0 Å². The predicted molar refractivity (Wildman–Crippen MR) is 36.6 cm³/mol. The van der Waals surface area contributed by atoms with E-state index < -0.39 is 5.72 Å². The molecule has 0 aromatic carbocycles. The Morgan fingerprint density at radius 1 is 1.80 bits per heavy atom. The minimum atomic E-state index is -1.07. The number of nitriles is 1. The minimum Gasteiger partial charge on any atom is -0.368 e. The maximum Gasteiger partial charge on any atom is 0.153 e. The Labute approximate surface area is 59.3 Å². The summed E-state index contributed by atoms with van der Waals surface area (Å²) >= 11 is 0. The van der Waals surface area contributed by atoms with Crippen molar-refractivity contribution in [2.24, 2.45) is 0 Å². The van der Waals surface area contributed by atoms with Gasteiger partial charge in [-0.1, -0.05) is 0 Å². The molecule has 0 saturated heterocycles. The Morgan fingerprint density at radius 3 is 2.90 bits per heavy atom. The largest absolute Gasteiger partial charge is 0.368 e. The molecule has 0 radical (unpaired) electrons. The molecule has 3 nitrogen and oxygen atoms in total. The SMILES string of the molecule is CC1(O)C=C(C#N)C=CN1. The number of hydrogen-bond donors (Lipinski definition) is 2. The van der Waals surface area contributed by atoms with Gasteiger partial charge in [0.05, 0.1) is 11.6 Å². The number of rotatable bonds is 0. The molecule has 1 unspecified atom stereocenters. The molecular weight excluding hydrogens is 128 g/mol. The molecule has 1 heterocycles. The van der Waals surface area contributed by atoms with Crippen LogP contribution in [0.5, 0.6) is 0 Å². The molecule has 3 heteroatoms. The van der Waals surface area contributed by atoms with Gasteiger partial charge in [-0.05, 0) is 19.1 Å². The van der Waals surface area contributed by atoms with Crippen molar-refractivity contribution in [1.82, 2.24) is 5.32 Å². The third-order valence-electron chi connectivity index (χ3n) is 1.20. The molecular formula is C7H8N2O. The predicted octanol–water partition coefficient (Wildman–Crippen LogP) is 0.262. The summed E-state index contributed by atoms with van der Waals surface area (Å²) in [5, 5.41) is 20.4. The second-order valence-electron chi connectivity index (χ2n) is 2.34. The summed E-state index contributed by atoms with van der Waals surface area (Å²) in [6, 6.07) is 1.93. The smallest absolute Gasteiger partial charge is 0.153 e. The second kappa shape index (κ2) is 2.16. The molecule has 0 aromatic heterocycles. The van der Waals surface area contributed by atoms with Gasteiger partial charge in [0, 0.05) is 6.20 Å². The van der Waals surface area contributed by atoms with E-state index in [0.717, 1.165) is 0 Å². The summed E-state index contributed by atoms with van der Waals surface area (Å²) in [5.41, 5.74) is -0.594. The number of allylic oxidation sites excluding steroid dienone is 2. The lowest BCUT2D eigenvalue weighted by atomic mass is 10.1. The standard InChI is InChI=1S/C7H8N2O/c1-7(10)4-6(5-8)2-3-9-7/h2-4,9-10H,1H3. The van der Waals surface area contributed by atoms with Crippen LogP contribution >= 0.6 is 0 Å². The van der Waals surface area contributed by atoms with Crippen LogP contribution in [-0.4, -0.2) is 10.8 Å². The average molecular weight is 136 g/mol. The van der Waals surface area contributed by atoms with Gasteiger partial charge in [-0.3, -0.25) is 0 Å². The quantitative estimate of drug-likeness (QED) is 0.502. The molecule has 0 aromatic rings. The van der Waals surface area contributed by atoms with Gasteiger partial charge in [0.1, 0.15) is 0 Å². The molecule has 1 aliphatic rings. The normalized spacial score (nSPS) is 30.3. The number of hydrogen-bond acceptors (Lipinski definition) is 3. The van der Waals surface area contributed by atoms with Crippen molar-refractivity contribution in [3.8, 4) is 6.07 Å². The summed E-state index contributed by atoms with van der Waals surface area (Å²) in [7, 11) is 0. The zero-order valence-corrected chi connectivity index (χ0v) is 5.63. The first-order valence-corrected chi connectivity index (χ1v) is 2.94. The number of nitrogens with one attached hydrogen (secondary N) is 1. The molecule has 0 aliphatic carbocycles. The fourth-order valence-corrected chi connectivity index (χ4v) is 0.762. The minimum absolute atomic E-state index is 0.476. The maximum absolute atomic E-state index is 9.29. The van der Waals surface area contributed by atoms with Crippen LogP contribution < -0.4 is 5.32 Å². The molecule has 1 atom stereocenters. The first kappa shape index (κ1) is 6.84. The Hall–Kier alpha value is -1.27. The molecule has 1 aliphatic heterocycles. The summed E-state index contributed by atoms with van der Waals surface area (Å²) in [5.74, 6) is 0. The van der Waals surface area contributed by atoms with E-state index in [0.29, 0.717) is 5.57 Å². The van der Waals surface area contributed by atoms with Gasteiger partial charge in [0.15, 0.2) is 5.72 Å². The molecule has 0 amide bonds. The van der Waals surface area contributed by atoms with E-state index in [-0.39, 0.29) is 0 Å². The van der Waals surface area contributed by atoms with E-state index in [1.165, 1.54) is 6.08 Å². The zero-order chi connectivity index (χ0) is 7.61. The van der Waals surface area contributed by atoms with Crippen LogP contribution in [0.15, 0.2) is 23.9 Å². The van der Waals surface area contributed by atoms with Gasteiger partial charge in [0.2, 0.25) is 0 Å². The van der Waals surface area contributed by atoms with Crippen LogP contribution in [-0.2, 0) is 0 Å². The average Bonchev–Trinajstić information content (AvgIpc) is 1.86. The van der Waals surface area contributed by atoms with Crippen molar-refractivity contribution in [3.05, 3.63) is 23.9 Å². The highest BCUT2D eigenvalue weighted by Gasteiger charge is 2.17. The van der Waals surface area contributed by atoms with Crippen molar-refractivity contribution in [3.63, 3.8) is 0 Å². The van der Waals surface area contributed by atoms with E-state index in [1.807, 2.05) is 6.07 Å². The molecule has 2 N–H and O–H groups in total. The Bertz CT molecular complexity index is 232. The first-order valence-electron chi connectivity index (χ1n) is 2.94. The lowest BCUT2D eigenvalue weighted by Gasteiger charge is -2.22.